The van der Waals surface area contributed by atoms with Crippen molar-refractivity contribution in [2.75, 3.05) is 88.8 Å². The second kappa shape index (κ2) is 19.2. The zero-order valence-electron chi connectivity index (χ0n) is 34.7. The van der Waals surface area contributed by atoms with Gasteiger partial charge in [-0.1, -0.05) is 67.1 Å². The molecular weight excluding hydrogens is 755 g/mol. The molecule has 314 valence electrons. The second-order valence-electron chi connectivity index (χ2n) is 16.3. The number of amides is 3. The van der Waals surface area contributed by atoms with Crippen LogP contribution in [0.15, 0.2) is 84.9 Å². The maximum Gasteiger partial charge on any atom is 0.241 e. The molecule has 8 rings (SSSR count). The van der Waals surface area contributed by atoms with Crippen molar-refractivity contribution >= 4 is 34.9 Å². The van der Waals surface area contributed by atoms with E-state index in [-0.39, 0.29) is 36.8 Å². The molecule has 0 radical (unpaired) electrons. The van der Waals surface area contributed by atoms with Gasteiger partial charge in [0.2, 0.25) is 17.7 Å². The van der Waals surface area contributed by atoms with Gasteiger partial charge in [0, 0.05) is 88.2 Å². The molecule has 13 heteroatoms. The zero-order valence-corrected chi connectivity index (χ0v) is 34.7. The van der Waals surface area contributed by atoms with Crippen LogP contribution in [0.2, 0.25) is 0 Å². The third kappa shape index (κ3) is 9.70. The van der Waals surface area contributed by atoms with Gasteiger partial charge in [-0.2, -0.15) is 9.61 Å². The van der Waals surface area contributed by atoms with Crippen molar-refractivity contribution in [2.45, 2.75) is 51.4 Å². The summed E-state index contributed by atoms with van der Waals surface area (Å²) in [5, 5.41) is 20.2. The molecule has 3 fully saturated rings. The quantitative estimate of drug-likeness (QED) is 0.0982. The Kier molecular flexibility index (Phi) is 13.1. The van der Waals surface area contributed by atoms with E-state index in [1.165, 1.54) is 5.56 Å². The Morgan fingerprint density at radius 3 is 2.35 bits per heavy atom. The van der Waals surface area contributed by atoms with Crippen LogP contribution in [0.3, 0.4) is 0 Å². The Bertz CT molecular complexity index is 2280. The zero-order chi connectivity index (χ0) is 41.4. The number of aromatic nitrogens is 3. The summed E-state index contributed by atoms with van der Waals surface area (Å²) < 4.78 is 2.02. The standard InChI is InChI=1S/C47H57N9O4/c1-34-45(36-12-5-2-6-13-36)46-49-41(32-43(56(46)51-34)54-24-20-53(21-25-54)28-29-57)38-15-8-11-35(30-38)10-4-3-7-19-52-22-26-55(27-23-52)44(59)33-48-39-16-9-14-37(31-39)40-17-18-42(58)50-47(40)60/h2,5-6,8-9,11-16,30-32,40,48,57H,3-4,7,10,17-29,33H2,1H3,(H,50,58,60). The molecule has 5 heterocycles. The van der Waals surface area contributed by atoms with E-state index in [0.29, 0.717) is 19.4 Å². The third-order valence-electron chi connectivity index (χ3n) is 12.3. The van der Waals surface area contributed by atoms with Crippen LogP contribution in [0, 0.1) is 6.92 Å². The van der Waals surface area contributed by atoms with E-state index in [0.717, 1.165) is 135 Å². The number of piperidine rings is 1. The highest BCUT2D eigenvalue weighted by Crippen LogP contribution is 2.33. The molecule has 3 aromatic carbocycles. The van der Waals surface area contributed by atoms with Crippen LogP contribution in [-0.2, 0) is 20.8 Å². The van der Waals surface area contributed by atoms with Crippen LogP contribution in [0.25, 0.3) is 28.0 Å². The molecule has 2 aromatic heterocycles. The van der Waals surface area contributed by atoms with Gasteiger partial charge in [-0.25, -0.2) is 4.98 Å². The number of benzene rings is 3. The molecule has 3 aliphatic heterocycles. The lowest BCUT2D eigenvalue weighted by Gasteiger charge is -2.35. The third-order valence-corrected chi connectivity index (χ3v) is 12.3. The van der Waals surface area contributed by atoms with Crippen molar-refractivity contribution in [2.24, 2.45) is 0 Å². The van der Waals surface area contributed by atoms with Gasteiger partial charge in [0.15, 0.2) is 5.65 Å². The van der Waals surface area contributed by atoms with Crippen LogP contribution in [0.4, 0.5) is 11.5 Å². The SMILES string of the molecule is Cc1nn2c(N3CCN(CCO)CC3)cc(-c3cccc(CCCCCN4CCN(C(=O)CNc5cccc(C6CCC(=O)NC6=O)c5)CC4)c3)nc2c1-c1ccccc1. The van der Waals surface area contributed by atoms with Gasteiger partial charge < -0.3 is 20.2 Å². The fourth-order valence-electron chi connectivity index (χ4n) is 8.88. The van der Waals surface area contributed by atoms with Crippen molar-refractivity contribution in [3.63, 3.8) is 0 Å². The van der Waals surface area contributed by atoms with E-state index >= 15 is 0 Å². The molecule has 13 nitrogen and oxygen atoms in total. The average molecular weight is 812 g/mol. The van der Waals surface area contributed by atoms with Gasteiger partial charge in [-0.05, 0) is 74.0 Å². The number of aliphatic hydroxyl groups is 1. The number of anilines is 2. The molecule has 3 amide bonds. The molecule has 1 unspecified atom stereocenters. The number of fused-ring (bicyclic) bond motifs is 1. The summed E-state index contributed by atoms with van der Waals surface area (Å²) in [6.45, 7) is 10.9. The number of aliphatic hydroxyl groups excluding tert-OH is 1. The smallest absolute Gasteiger partial charge is 0.241 e. The highest BCUT2D eigenvalue weighted by atomic mass is 16.3. The van der Waals surface area contributed by atoms with Crippen LogP contribution in [0.5, 0.6) is 0 Å². The number of hydrogen-bond donors (Lipinski definition) is 3. The van der Waals surface area contributed by atoms with E-state index in [9.17, 15) is 19.5 Å². The fourth-order valence-corrected chi connectivity index (χ4v) is 8.88. The minimum absolute atomic E-state index is 0.0728. The summed E-state index contributed by atoms with van der Waals surface area (Å²) in [5.41, 5.74) is 9.00. The number of unbranched alkanes of at least 4 members (excludes halogenated alkanes) is 2. The summed E-state index contributed by atoms with van der Waals surface area (Å²) in [5.74, 6) is 0.285. The minimum atomic E-state index is -0.351. The van der Waals surface area contributed by atoms with E-state index < -0.39 is 0 Å². The largest absolute Gasteiger partial charge is 0.395 e. The van der Waals surface area contributed by atoms with E-state index in [2.05, 4.69) is 86.9 Å². The van der Waals surface area contributed by atoms with Crippen molar-refractivity contribution < 1.29 is 19.5 Å². The Labute approximate surface area is 352 Å². The average Bonchev–Trinajstić information content (AvgIpc) is 3.61. The van der Waals surface area contributed by atoms with Crippen molar-refractivity contribution in [3.05, 3.63) is 102 Å². The molecule has 3 N–H and O–H groups in total. The van der Waals surface area contributed by atoms with Crippen molar-refractivity contribution in [1.29, 1.82) is 0 Å². The number of hydrogen-bond acceptors (Lipinski definition) is 10. The molecule has 1 atom stereocenters. The topological polar surface area (TPSA) is 139 Å². The Morgan fingerprint density at radius 1 is 0.817 bits per heavy atom. The lowest BCUT2D eigenvalue weighted by Crippen LogP contribution is -2.50. The normalized spacial score (nSPS) is 17.9. The summed E-state index contributed by atoms with van der Waals surface area (Å²) in [6, 6.07) is 29.0. The number of nitrogens with one attached hydrogen (secondary N) is 2. The summed E-state index contributed by atoms with van der Waals surface area (Å²) in [4.78, 5) is 51.4. The fraction of sp³-hybridized carbons (Fsp3) is 0.426. The van der Waals surface area contributed by atoms with E-state index in [1.54, 1.807) is 0 Å². The lowest BCUT2D eigenvalue weighted by molar-refractivity contribution is -0.134. The first-order chi connectivity index (χ1) is 29.3. The Morgan fingerprint density at radius 2 is 1.57 bits per heavy atom. The molecule has 3 saturated heterocycles. The summed E-state index contributed by atoms with van der Waals surface area (Å²) in [7, 11) is 0. The van der Waals surface area contributed by atoms with Crippen LogP contribution in [0.1, 0.15) is 54.8 Å². The second-order valence-corrected chi connectivity index (χ2v) is 16.3. The monoisotopic (exact) mass is 811 g/mol. The number of piperazine rings is 2. The molecular formula is C47H57N9O4. The summed E-state index contributed by atoms with van der Waals surface area (Å²) >= 11 is 0. The van der Waals surface area contributed by atoms with Crippen LogP contribution < -0.4 is 15.5 Å². The minimum Gasteiger partial charge on any atom is -0.395 e. The predicted molar refractivity (Wildman–Crippen MR) is 235 cm³/mol. The Hall–Kier alpha value is -5.63. The van der Waals surface area contributed by atoms with Crippen molar-refractivity contribution in [1.82, 2.24) is 34.6 Å². The molecule has 5 aromatic rings. The van der Waals surface area contributed by atoms with E-state index in [1.807, 2.05) is 39.7 Å². The van der Waals surface area contributed by atoms with Gasteiger partial charge in [0.1, 0.15) is 5.82 Å². The van der Waals surface area contributed by atoms with Gasteiger partial charge in [0.25, 0.3) is 0 Å². The van der Waals surface area contributed by atoms with E-state index in [4.69, 9.17) is 10.1 Å². The lowest BCUT2D eigenvalue weighted by atomic mass is 9.90. The first kappa shape index (κ1) is 41.1. The molecule has 0 bridgehead atoms. The molecule has 3 aliphatic rings. The maximum absolute atomic E-state index is 13.1. The number of aryl methyl sites for hydroxylation is 2. The van der Waals surface area contributed by atoms with Crippen molar-refractivity contribution in [3.8, 4) is 22.4 Å². The highest BCUT2D eigenvalue weighted by molar-refractivity contribution is 6.01. The van der Waals surface area contributed by atoms with Gasteiger partial charge in [-0.15, -0.1) is 0 Å². The number of β-amino-alcohol motifs (C(OH)–C–C–N with tert-alkyl or cyclic N) is 1. The number of rotatable bonds is 15. The molecule has 0 saturated carbocycles. The number of imide groups is 1. The molecule has 0 spiro atoms. The maximum atomic E-state index is 13.1. The number of nitrogens with zero attached hydrogens (tertiary/aromatic N) is 7. The summed E-state index contributed by atoms with van der Waals surface area (Å²) in [6.07, 6.45) is 5.20. The molecule has 0 aliphatic carbocycles. The number of carbonyl (C=O) groups is 3. The van der Waals surface area contributed by atoms with Crippen LogP contribution >= 0.6 is 0 Å². The first-order valence-electron chi connectivity index (χ1n) is 21.6. The van der Waals surface area contributed by atoms with Gasteiger partial charge in [-0.3, -0.25) is 29.5 Å². The highest BCUT2D eigenvalue weighted by Gasteiger charge is 2.28. The first-order valence-corrected chi connectivity index (χ1v) is 21.6. The molecule has 60 heavy (non-hydrogen) atoms. The number of carbonyl (C=O) groups excluding carboxylic acids is 3. The van der Waals surface area contributed by atoms with Gasteiger partial charge >= 0.3 is 0 Å². The van der Waals surface area contributed by atoms with Crippen LogP contribution in [-0.4, -0.2) is 131 Å². The van der Waals surface area contributed by atoms with Gasteiger partial charge in [0.05, 0.1) is 30.5 Å². The predicted octanol–water partition coefficient (Wildman–Crippen LogP) is 4.98. The Balaban J connectivity index is 0.826.